The van der Waals surface area contributed by atoms with E-state index in [1.807, 2.05) is 91.9 Å². The van der Waals surface area contributed by atoms with Gasteiger partial charge in [-0.2, -0.15) is 0 Å². The fraction of sp³-hybridized carbons (Fsp3) is 0.200. The van der Waals surface area contributed by atoms with Gasteiger partial charge in [0.2, 0.25) is 0 Å². The van der Waals surface area contributed by atoms with E-state index in [2.05, 4.69) is 0 Å². The van der Waals surface area contributed by atoms with Gasteiger partial charge in [-0.25, -0.2) is 0 Å². The van der Waals surface area contributed by atoms with Crippen molar-refractivity contribution in [2.45, 2.75) is 25.8 Å². The Labute approximate surface area is 206 Å². The first-order valence-electron chi connectivity index (χ1n) is 11.9. The maximum Gasteiger partial charge on any atom is 0.290 e. The van der Waals surface area contributed by atoms with E-state index in [4.69, 9.17) is 4.74 Å². The van der Waals surface area contributed by atoms with Crippen LogP contribution in [0.4, 0.5) is 0 Å². The first-order chi connectivity index (χ1) is 17.1. The molecule has 0 radical (unpaired) electrons. The van der Waals surface area contributed by atoms with E-state index >= 15 is 0 Å². The number of ether oxygens (including phenoxy) is 1. The lowest BCUT2D eigenvalue weighted by Gasteiger charge is -2.27. The number of rotatable bonds is 10. The highest BCUT2D eigenvalue weighted by Crippen LogP contribution is 2.38. The molecule has 4 rings (SSSR count). The quantitative estimate of drug-likeness (QED) is 0.389. The van der Waals surface area contributed by atoms with E-state index in [9.17, 15) is 14.7 Å². The van der Waals surface area contributed by atoms with E-state index in [0.29, 0.717) is 19.6 Å². The van der Waals surface area contributed by atoms with Crippen molar-refractivity contribution in [3.05, 3.63) is 119 Å². The minimum Gasteiger partial charge on any atom is -0.503 e. The summed E-state index contributed by atoms with van der Waals surface area (Å²) in [6.07, 6.45) is 4.61. The molecule has 1 heterocycles. The summed E-state index contributed by atoms with van der Waals surface area (Å²) in [5.41, 5.74) is 2.78. The predicted molar refractivity (Wildman–Crippen MR) is 137 cm³/mol. The van der Waals surface area contributed by atoms with Gasteiger partial charge in [-0.15, -0.1) is 0 Å². The average Bonchev–Trinajstić information content (AvgIpc) is 3.16. The van der Waals surface area contributed by atoms with Crippen LogP contribution in [0.1, 0.15) is 36.1 Å². The lowest BCUT2D eigenvalue weighted by Crippen LogP contribution is -2.33. The summed E-state index contributed by atoms with van der Waals surface area (Å²) >= 11 is 0. The summed E-state index contributed by atoms with van der Waals surface area (Å²) in [5.74, 6) is -0.690. The minimum atomic E-state index is -0.681. The zero-order valence-electron chi connectivity index (χ0n) is 19.8. The number of amides is 1. The Hall–Kier alpha value is -4.12. The third-order valence-electron chi connectivity index (χ3n) is 5.95. The number of aliphatic hydroxyl groups excluding tert-OH is 1. The van der Waals surface area contributed by atoms with Crippen molar-refractivity contribution in [2.24, 2.45) is 0 Å². The van der Waals surface area contributed by atoms with Crippen molar-refractivity contribution >= 4 is 17.8 Å². The van der Waals surface area contributed by atoms with Gasteiger partial charge in [-0.3, -0.25) is 9.59 Å². The Morgan fingerprint density at radius 2 is 1.63 bits per heavy atom. The Morgan fingerprint density at radius 3 is 2.29 bits per heavy atom. The summed E-state index contributed by atoms with van der Waals surface area (Å²) in [4.78, 5) is 28.0. The molecule has 1 unspecified atom stereocenters. The Balaban J connectivity index is 1.64. The molecule has 0 fully saturated rings. The largest absolute Gasteiger partial charge is 0.503 e. The molecular formula is C30H29NO4. The van der Waals surface area contributed by atoms with Gasteiger partial charge in [0, 0.05) is 6.54 Å². The zero-order chi connectivity index (χ0) is 24.6. The molecule has 0 spiro atoms. The van der Waals surface area contributed by atoms with Crippen molar-refractivity contribution in [1.29, 1.82) is 0 Å². The SMILES string of the molecule is CCCOc1ccc(C2C(C(=O)C=Cc3ccccc3)=C(O)C(=O)N2CCc2ccccc2)cc1. The van der Waals surface area contributed by atoms with Gasteiger partial charge in [0.25, 0.3) is 5.91 Å². The molecule has 178 valence electrons. The van der Waals surface area contributed by atoms with Crippen molar-refractivity contribution in [3.8, 4) is 5.75 Å². The number of hydrogen-bond donors (Lipinski definition) is 1. The van der Waals surface area contributed by atoms with Crippen LogP contribution in [0, 0.1) is 0 Å². The fourth-order valence-electron chi connectivity index (χ4n) is 4.17. The van der Waals surface area contributed by atoms with Gasteiger partial charge < -0.3 is 14.7 Å². The molecule has 3 aromatic carbocycles. The number of benzene rings is 3. The van der Waals surface area contributed by atoms with Crippen LogP contribution in [0.5, 0.6) is 5.75 Å². The van der Waals surface area contributed by atoms with Crippen LogP contribution < -0.4 is 4.74 Å². The zero-order valence-corrected chi connectivity index (χ0v) is 19.8. The van der Waals surface area contributed by atoms with Crippen molar-refractivity contribution < 1.29 is 19.4 Å². The fourth-order valence-corrected chi connectivity index (χ4v) is 4.17. The molecular weight excluding hydrogens is 438 g/mol. The molecule has 1 N–H and O–H groups in total. The first kappa shape index (κ1) is 24.0. The van der Waals surface area contributed by atoms with Gasteiger partial charge >= 0.3 is 0 Å². The number of allylic oxidation sites excluding steroid dienone is 1. The van der Waals surface area contributed by atoms with Crippen LogP contribution in [0.3, 0.4) is 0 Å². The Morgan fingerprint density at radius 1 is 0.971 bits per heavy atom. The van der Waals surface area contributed by atoms with Gasteiger partial charge in [-0.05, 0) is 47.7 Å². The molecule has 1 aliphatic heterocycles. The number of aliphatic hydroxyl groups is 1. The third kappa shape index (κ3) is 5.69. The molecule has 0 bridgehead atoms. The maximum absolute atomic E-state index is 13.3. The maximum atomic E-state index is 13.3. The van der Waals surface area contributed by atoms with Crippen LogP contribution in [0.2, 0.25) is 0 Å². The second-order valence-electron chi connectivity index (χ2n) is 8.42. The lowest BCUT2D eigenvalue weighted by atomic mass is 9.95. The topological polar surface area (TPSA) is 66.8 Å². The lowest BCUT2D eigenvalue weighted by molar-refractivity contribution is -0.129. The minimum absolute atomic E-state index is 0.0949. The molecule has 3 aromatic rings. The number of carbonyl (C=O) groups excluding carboxylic acids is 2. The summed E-state index contributed by atoms with van der Waals surface area (Å²) in [6, 6.07) is 26.0. The number of nitrogens with zero attached hydrogens (tertiary/aromatic N) is 1. The standard InChI is InChI=1S/C30H29NO4/c1-2-21-35-25-16-14-24(15-17-25)28-27(26(32)18-13-22-9-5-3-6-10-22)29(33)30(34)31(28)20-19-23-11-7-4-8-12-23/h3-18,28,33H,2,19-21H2,1H3. The summed E-state index contributed by atoms with van der Waals surface area (Å²) < 4.78 is 5.69. The normalized spacial score (nSPS) is 15.7. The highest BCUT2D eigenvalue weighted by atomic mass is 16.5. The molecule has 1 aliphatic rings. The predicted octanol–water partition coefficient (Wildman–Crippen LogP) is 5.70. The average molecular weight is 468 g/mol. The monoisotopic (exact) mass is 467 g/mol. The molecule has 1 amide bonds. The molecule has 5 nitrogen and oxygen atoms in total. The first-order valence-corrected chi connectivity index (χ1v) is 11.9. The van der Waals surface area contributed by atoms with Gasteiger partial charge in [0.15, 0.2) is 11.5 Å². The summed E-state index contributed by atoms with van der Waals surface area (Å²) in [5, 5.41) is 10.8. The van der Waals surface area contributed by atoms with E-state index in [1.165, 1.54) is 6.08 Å². The number of carbonyl (C=O) groups is 2. The molecule has 0 aromatic heterocycles. The van der Waals surface area contributed by atoms with Gasteiger partial charge in [0.1, 0.15) is 5.75 Å². The second-order valence-corrected chi connectivity index (χ2v) is 8.42. The smallest absolute Gasteiger partial charge is 0.290 e. The van der Waals surface area contributed by atoms with Crippen molar-refractivity contribution in [3.63, 3.8) is 0 Å². The van der Waals surface area contributed by atoms with Crippen LogP contribution in [0.25, 0.3) is 6.08 Å². The van der Waals surface area contributed by atoms with Crippen LogP contribution in [-0.4, -0.2) is 34.8 Å². The molecule has 0 saturated heterocycles. The highest BCUT2D eigenvalue weighted by molar-refractivity contribution is 6.14. The Bertz CT molecular complexity index is 1210. The van der Waals surface area contributed by atoms with Crippen LogP contribution in [-0.2, 0) is 16.0 Å². The summed E-state index contributed by atoms with van der Waals surface area (Å²) in [6.45, 7) is 3.02. The van der Waals surface area contributed by atoms with E-state index in [0.717, 1.165) is 28.9 Å². The third-order valence-corrected chi connectivity index (χ3v) is 5.95. The van der Waals surface area contributed by atoms with Crippen molar-refractivity contribution in [1.82, 2.24) is 4.90 Å². The van der Waals surface area contributed by atoms with Crippen LogP contribution in [0.15, 0.2) is 102 Å². The van der Waals surface area contributed by atoms with E-state index in [-0.39, 0.29) is 5.57 Å². The molecule has 0 saturated carbocycles. The van der Waals surface area contributed by atoms with E-state index < -0.39 is 23.5 Å². The molecule has 1 atom stereocenters. The highest BCUT2D eigenvalue weighted by Gasteiger charge is 2.42. The molecule has 35 heavy (non-hydrogen) atoms. The summed E-state index contributed by atoms with van der Waals surface area (Å²) in [7, 11) is 0. The number of ketones is 1. The number of hydrogen-bond acceptors (Lipinski definition) is 4. The van der Waals surface area contributed by atoms with Gasteiger partial charge in [0.05, 0.1) is 18.2 Å². The Kier molecular flexibility index (Phi) is 7.78. The van der Waals surface area contributed by atoms with E-state index in [1.54, 1.807) is 11.0 Å². The second kappa shape index (κ2) is 11.3. The van der Waals surface area contributed by atoms with Crippen LogP contribution >= 0.6 is 0 Å². The van der Waals surface area contributed by atoms with Gasteiger partial charge in [-0.1, -0.05) is 85.8 Å². The van der Waals surface area contributed by atoms with Crippen molar-refractivity contribution in [2.75, 3.05) is 13.2 Å². The molecule has 5 heteroatoms. The molecule has 0 aliphatic carbocycles.